The summed E-state index contributed by atoms with van der Waals surface area (Å²) in [5, 5.41) is 6.89. The van der Waals surface area contributed by atoms with Gasteiger partial charge in [0.15, 0.2) is 5.78 Å². The number of amides is 1. The fourth-order valence-electron chi connectivity index (χ4n) is 4.45. The first-order valence-corrected chi connectivity index (χ1v) is 10.9. The maximum atomic E-state index is 13.2. The Morgan fingerprint density at radius 3 is 2.61 bits per heavy atom. The maximum absolute atomic E-state index is 13.2. The van der Waals surface area contributed by atoms with Crippen LogP contribution in [0.1, 0.15) is 52.7 Å². The zero-order valence-electron chi connectivity index (χ0n) is 17.5. The molecule has 5 nitrogen and oxygen atoms in total. The Morgan fingerprint density at radius 2 is 1.84 bits per heavy atom. The number of benzene rings is 2. The van der Waals surface area contributed by atoms with E-state index in [0.717, 1.165) is 55.3 Å². The lowest BCUT2D eigenvalue weighted by Crippen LogP contribution is -2.34. The first-order valence-electron chi connectivity index (χ1n) is 10.6. The number of carbonyl (C=O) groups excluding carboxylic acids is 2. The summed E-state index contributed by atoms with van der Waals surface area (Å²) in [5.74, 6) is 0.169. The molecule has 0 radical (unpaired) electrons. The average Bonchev–Trinajstić information content (AvgIpc) is 2.73. The second-order valence-corrected chi connectivity index (χ2v) is 8.45. The van der Waals surface area contributed by atoms with Crippen molar-refractivity contribution >= 4 is 41.4 Å². The van der Waals surface area contributed by atoms with E-state index in [2.05, 4.69) is 34.9 Å². The van der Waals surface area contributed by atoms with Crippen LogP contribution in [-0.4, -0.2) is 30.3 Å². The van der Waals surface area contributed by atoms with Crippen molar-refractivity contribution in [2.75, 3.05) is 18.4 Å². The summed E-state index contributed by atoms with van der Waals surface area (Å²) >= 11 is 6.37. The molecule has 1 aliphatic heterocycles. The number of halogens is 2. The van der Waals surface area contributed by atoms with Crippen LogP contribution in [0.15, 0.2) is 36.4 Å². The molecule has 0 fully saturated rings. The van der Waals surface area contributed by atoms with Gasteiger partial charge in [0, 0.05) is 24.4 Å². The van der Waals surface area contributed by atoms with Crippen molar-refractivity contribution in [2.24, 2.45) is 5.92 Å². The molecule has 1 atom stereocenters. The molecular weight excluding hydrogens is 435 g/mol. The number of ketones is 1. The van der Waals surface area contributed by atoms with Crippen LogP contribution in [0.3, 0.4) is 0 Å². The summed E-state index contributed by atoms with van der Waals surface area (Å²) in [6.45, 7) is 1.64. The molecule has 0 bridgehead atoms. The third-order valence-corrected chi connectivity index (χ3v) is 6.31. The summed E-state index contributed by atoms with van der Waals surface area (Å²) in [4.78, 5) is 24.9. The summed E-state index contributed by atoms with van der Waals surface area (Å²) < 4.78 is 0. The topological polar surface area (TPSA) is 89.7 Å². The highest BCUT2D eigenvalue weighted by atomic mass is 35.5. The highest BCUT2D eigenvalue weighted by molar-refractivity contribution is 6.34. The Morgan fingerprint density at radius 1 is 1.06 bits per heavy atom. The number of fused-ring (bicyclic) bond motifs is 3. The molecule has 0 saturated carbocycles. The number of anilines is 1. The monoisotopic (exact) mass is 464 g/mol. The third-order valence-electron chi connectivity index (χ3n) is 6.01. The van der Waals surface area contributed by atoms with Crippen LogP contribution < -0.4 is 10.6 Å². The molecule has 2 aliphatic rings. The summed E-state index contributed by atoms with van der Waals surface area (Å²) in [5.41, 5.74) is 4.80. The molecule has 0 aromatic heterocycles. The number of Topliss-reactive ketones (excluding diaryl/α,β-unsaturated/α-hetero) is 1. The van der Waals surface area contributed by atoms with Gasteiger partial charge in [-0.2, -0.15) is 0 Å². The normalized spacial score (nSPS) is 17.0. The molecule has 4 rings (SSSR count). The summed E-state index contributed by atoms with van der Waals surface area (Å²) in [6, 6.07) is 12.4. The quantitative estimate of drug-likeness (QED) is 0.602. The number of carbonyl (C=O) groups is 2. The van der Waals surface area contributed by atoms with Crippen LogP contribution >= 0.6 is 24.0 Å². The van der Waals surface area contributed by atoms with Crippen molar-refractivity contribution in [3.05, 3.63) is 63.7 Å². The highest BCUT2D eigenvalue weighted by Gasteiger charge is 2.33. The lowest BCUT2D eigenvalue weighted by Gasteiger charge is -2.29. The van der Waals surface area contributed by atoms with Crippen molar-refractivity contribution in [1.29, 1.82) is 0 Å². The van der Waals surface area contributed by atoms with Gasteiger partial charge in [0.25, 0.3) is 0 Å². The van der Waals surface area contributed by atoms with E-state index in [4.69, 9.17) is 11.6 Å². The molecular formula is C24H30Cl2N2O3. The van der Waals surface area contributed by atoms with Gasteiger partial charge in [-0.1, -0.05) is 41.9 Å². The SMILES string of the molecule is Cl.O.O=C1CCc2c(c(Cl)cc3c2C(=O)C(CNCCCCc2ccccc2)CC3)N1. The van der Waals surface area contributed by atoms with Gasteiger partial charge in [0.05, 0.1) is 10.7 Å². The van der Waals surface area contributed by atoms with E-state index in [0.29, 0.717) is 30.1 Å². The van der Waals surface area contributed by atoms with Crippen molar-refractivity contribution in [2.45, 2.75) is 44.9 Å². The zero-order chi connectivity index (χ0) is 20.2. The van der Waals surface area contributed by atoms with E-state index in [-0.39, 0.29) is 35.5 Å². The van der Waals surface area contributed by atoms with E-state index in [1.807, 2.05) is 12.1 Å². The smallest absolute Gasteiger partial charge is 0.224 e. The molecule has 168 valence electrons. The number of hydrogen-bond donors (Lipinski definition) is 2. The van der Waals surface area contributed by atoms with Crippen LogP contribution in [0.4, 0.5) is 5.69 Å². The molecule has 0 saturated heterocycles. The van der Waals surface area contributed by atoms with Gasteiger partial charge in [0.1, 0.15) is 0 Å². The lowest BCUT2D eigenvalue weighted by molar-refractivity contribution is -0.116. The van der Waals surface area contributed by atoms with Crippen molar-refractivity contribution < 1.29 is 15.1 Å². The molecule has 7 heteroatoms. The molecule has 1 aliphatic carbocycles. The van der Waals surface area contributed by atoms with Crippen molar-refractivity contribution in [3.8, 4) is 0 Å². The fourth-order valence-corrected chi connectivity index (χ4v) is 4.74. The second kappa shape index (κ2) is 11.6. The molecule has 2 aromatic carbocycles. The van der Waals surface area contributed by atoms with Crippen molar-refractivity contribution in [1.82, 2.24) is 5.32 Å². The van der Waals surface area contributed by atoms with Crippen molar-refractivity contribution in [3.63, 3.8) is 0 Å². The molecule has 31 heavy (non-hydrogen) atoms. The van der Waals surface area contributed by atoms with Crippen LogP contribution in [-0.2, 0) is 24.1 Å². The minimum Gasteiger partial charge on any atom is -0.412 e. The minimum absolute atomic E-state index is 0. The largest absolute Gasteiger partial charge is 0.412 e. The van der Waals surface area contributed by atoms with Gasteiger partial charge < -0.3 is 16.1 Å². The Kier molecular flexibility index (Phi) is 9.51. The predicted molar refractivity (Wildman–Crippen MR) is 128 cm³/mol. The van der Waals surface area contributed by atoms with Crippen LogP contribution in [0.5, 0.6) is 0 Å². The molecule has 0 spiro atoms. The van der Waals surface area contributed by atoms with Crippen LogP contribution in [0.25, 0.3) is 0 Å². The van der Waals surface area contributed by atoms with Gasteiger partial charge in [0.2, 0.25) is 5.91 Å². The minimum atomic E-state index is -0.0312. The molecule has 1 amide bonds. The van der Waals surface area contributed by atoms with E-state index in [1.54, 1.807) is 0 Å². The molecule has 2 aromatic rings. The standard InChI is InChI=1S/C24H27ClN2O2.ClH.H2O/c25-20-14-17-9-10-18(15-26-13-5-4-8-16-6-2-1-3-7-16)24(29)22(17)19-11-12-21(28)27-23(19)20;;/h1-3,6-7,14,18,26H,4-5,8-13,15H2,(H,27,28);1H;1H2. The first-order chi connectivity index (χ1) is 14.1. The van der Waals surface area contributed by atoms with E-state index in [9.17, 15) is 9.59 Å². The number of hydrogen-bond acceptors (Lipinski definition) is 3. The Balaban J connectivity index is 0.00000171. The Hall–Kier alpha value is -1.92. The lowest BCUT2D eigenvalue weighted by atomic mass is 9.78. The van der Waals surface area contributed by atoms with Gasteiger partial charge in [-0.3, -0.25) is 9.59 Å². The van der Waals surface area contributed by atoms with E-state index >= 15 is 0 Å². The number of rotatable bonds is 7. The molecule has 4 N–H and O–H groups in total. The fraction of sp³-hybridized carbons (Fsp3) is 0.417. The average molecular weight is 465 g/mol. The Labute approximate surface area is 194 Å². The maximum Gasteiger partial charge on any atom is 0.224 e. The predicted octanol–water partition coefficient (Wildman–Crippen LogP) is 4.18. The highest BCUT2D eigenvalue weighted by Crippen LogP contribution is 2.39. The van der Waals surface area contributed by atoms with Crippen LogP contribution in [0, 0.1) is 5.92 Å². The number of unbranched alkanes of at least 4 members (excludes halogenated alkanes) is 1. The van der Waals surface area contributed by atoms with E-state index < -0.39 is 0 Å². The zero-order valence-corrected chi connectivity index (χ0v) is 19.1. The summed E-state index contributed by atoms with van der Waals surface area (Å²) in [7, 11) is 0. The Bertz CT molecular complexity index is 919. The van der Waals surface area contributed by atoms with Gasteiger partial charge in [-0.05, 0) is 67.8 Å². The van der Waals surface area contributed by atoms with Crippen LogP contribution in [0.2, 0.25) is 5.02 Å². The van der Waals surface area contributed by atoms with Gasteiger partial charge >= 0.3 is 0 Å². The van der Waals surface area contributed by atoms with E-state index in [1.165, 1.54) is 5.56 Å². The number of nitrogens with one attached hydrogen (secondary N) is 2. The molecule has 1 heterocycles. The first kappa shape index (κ1) is 25.3. The summed E-state index contributed by atoms with van der Waals surface area (Å²) in [6.07, 6.45) is 6.06. The number of aryl methyl sites for hydroxylation is 2. The van der Waals surface area contributed by atoms with Gasteiger partial charge in [-0.25, -0.2) is 0 Å². The second-order valence-electron chi connectivity index (χ2n) is 8.04. The van der Waals surface area contributed by atoms with Gasteiger partial charge in [-0.15, -0.1) is 12.4 Å². The molecule has 1 unspecified atom stereocenters. The third kappa shape index (κ3) is 5.86.